The Labute approximate surface area is 73.5 Å². The third-order valence-corrected chi connectivity index (χ3v) is 1.97. The molecule has 0 aromatic heterocycles. The molecule has 5 nitrogen and oxygen atoms in total. The maximum absolute atomic E-state index is 11.2. The highest BCUT2D eigenvalue weighted by molar-refractivity contribution is 6.28. The molecule has 2 heterocycles. The number of dihydropyridines is 1. The van der Waals surface area contributed by atoms with Crippen molar-refractivity contribution in [3.63, 3.8) is 0 Å². The van der Waals surface area contributed by atoms with E-state index >= 15 is 0 Å². The van der Waals surface area contributed by atoms with Gasteiger partial charge in [-0.25, -0.2) is 4.99 Å². The van der Waals surface area contributed by atoms with Gasteiger partial charge in [-0.05, 0) is 13.0 Å². The number of amides is 3. The topological polar surface area (TPSA) is 75.6 Å². The number of rotatable bonds is 0. The van der Waals surface area contributed by atoms with Gasteiger partial charge < -0.3 is 0 Å². The fourth-order valence-corrected chi connectivity index (χ4v) is 1.42. The molecular weight excluding hydrogens is 172 g/mol. The molecule has 3 amide bonds. The molecule has 2 rings (SSSR count). The van der Waals surface area contributed by atoms with E-state index in [-0.39, 0.29) is 5.57 Å². The van der Waals surface area contributed by atoms with Crippen LogP contribution >= 0.6 is 0 Å². The molecule has 0 radical (unpaired) electrons. The Morgan fingerprint density at radius 2 is 2.08 bits per heavy atom. The van der Waals surface area contributed by atoms with Crippen molar-refractivity contribution in [2.75, 3.05) is 0 Å². The number of imide groups is 1. The Bertz CT molecular complexity index is 392. The number of allylic oxidation sites excluding steroid dienone is 1. The highest BCUT2D eigenvalue weighted by Crippen LogP contribution is 2.23. The number of fused-ring (bicyclic) bond motifs is 1. The highest BCUT2D eigenvalue weighted by atomic mass is 16.2. The minimum atomic E-state index is -1.00. The van der Waals surface area contributed by atoms with Crippen molar-refractivity contribution in [2.24, 2.45) is 10.9 Å². The van der Waals surface area contributed by atoms with Crippen LogP contribution in [0.2, 0.25) is 0 Å². The van der Waals surface area contributed by atoms with Crippen molar-refractivity contribution in [3.05, 3.63) is 11.6 Å². The number of carbonyl (C=O) groups excluding carboxylic acids is 3. The van der Waals surface area contributed by atoms with Gasteiger partial charge in [0, 0.05) is 11.3 Å². The summed E-state index contributed by atoms with van der Waals surface area (Å²) < 4.78 is 0. The molecule has 2 aliphatic heterocycles. The first kappa shape index (κ1) is 7.85. The summed E-state index contributed by atoms with van der Waals surface area (Å²) in [5.74, 6) is -2.62. The molecule has 1 saturated heterocycles. The first-order chi connectivity index (χ1) is 6.09. The third kappa shape index (κ3) is 1.00. The maximum Gasteiger partial charge on any atom is 0.263 e. The molecule has 0 saturated carbocycles. The van der Waals surface area contributed by atoms with Crippen LogP contribution < -0.4 is 5.32 Å². The number of hydrogen-bond donors (Lipinski definition) is 1. The lowest BCUT2D eigenvalue weighted by atomic mass is 9.97. The Morgan fingerprint density at radius 1 is 1.38 bits per heavy atom. The molecule has 0 aliphatic carbocycles. The van der Waals surface area contributed by atoms with E-state index in [4.69, 9.17) is 0 Å². The van der Waals surface area contributed by atoms with Crippen molar-refractivity contribution in [1.29, 1.82) is 0 Å². The molecule has 66 valence electrons. The van der Waals surface area contributed by atoms with Gasteiger partial charge in [0.1, 0.15) is 5.92 Å². The van der Waals surface area contributed by atoms with Gasteiger partial charge in [0.05, 0.1) is 0 Å². The first-order valence-electron chi connectivity index (χ1n) is 3.75. The monoisotopic (exact) mass is 178 g/mol. The van der Waals surface area contributed by atoms with E-state index in [9.17, 15) is 14.4 Å². The number of carbonyl (C=O) groups is 3. The summed E-state index contributed by atoms with van der Waals surface area (Å²) in [5, 5.41) is 2.07. The molecule has 5 heteroatoms. The zero-order valence-electron chi connectivity index (χ0n) is 6.83. The van der Waals surface area contributed by atoms with E-state index in [2.05, 4.69) is 10.3 Å². The summed E-state index contributed by atoms with van der Waals surface area (Å²) in [6.45, 7) is 1.61. The van der Waals surface area contributed by atoms with Gasteiger partial charge in [-0.2, -0.15) is 0 Å². The predicted molar refractivity (Wildman–Crippen MR) is 42.8 cm³/mol. The van der Waals surface area contributed by atoms with Crippen LogP contribution in [0, 0.1) is 5.92 Å². The van der Waals surface area contributed by atoms with Gasteiger partial charge in [-0.3, -0.25) is 19.7 Å². The van der Waals surface area contributed by atoms with Crippen molar-refractivity contribution >= 4 is 23.4 Å². The fourth-order valence-electron chi connectivity index (χ4n) is 1.42. The largest absolute Gasteiger partial charge is 0.292 e. The summed E-state index contributed by atoms with van der Waals surface area (Å²) in [6, 6.07) is 0. The van der Waals surface area contributed by atoms with Crippen molar-refractivity contribution in [1.82, 2.24) is 5.32 Å². The highest BCUT2D eigenvalue weighted by Gasteiger charge is 2.42. The quantitative estimate of drug-likeness (QED) is 0.389. The van der Waals surface area contributed by atoms with Crippen LogP contribution in [0.4, 0.5) is 0 Å². The number of aliphatic imine (C=N–C) groups is 1. The van der Waals surface area contributed by atoms with Gasteiger partial charge in [0.15, 0.2) is 0 Å². The standard InChI is InChI=1S/C8H6N2O3/c1-3-2-4-5(7(12)9-3)8(13)10-6(4)11/h2,5H,1H3,(H,10,11,13). The Balaban J connectivity index is 2.53. The Hall–Kier alpha value is -1.78. The minimum Gasteiger partial charge on any atom is -0.292 e. The number of nitrogens with zero attached hydrogens (tertiary/aromatic N) is 1. The molecule has 2 aliphatic rings. The summed E-state index contributed by atoms with van der Waals surface area (Å²) >= 11 is 0. The molecule has 0 bridgehead atoms. The van der Waals surface area contributed by atoms with Gasteiger partial charge in [0.25, 0.3) is 11.8 Å². The minimum absolute atomic E-state index is 0.211. The van der Waals surface area contributed by atoms with Crippen LogP contribution in [0.1, 0.15) is 6.92 Å². The molecule has 0 aromatic carbocycles. The first-order valence-corrected chi connectivity index (χ1v) is 3.75. The van der Waals surface area contributed by atoms with E-state index in [1.807, 2.05) is 0 Å². The summed E-state index contributed by atoms with van der Waals surface area (Å²) in [7, 11) is 0. The van der Waals surface area contributed by atoms with Crippen molar-refractivity contribution in [3.8, 4) is 0 Å². The summed E-state index contributed by atoms with van der Waals surface area (Å²) in [5.41, 5.74) is 0.670. The van der Waals surface area contributed by atoms with Crippen LogP contribution in [-0.2, 0) is 14.4 Å². The molecule has 1 unspecified atom stereocenters. The Kier molecular flexibility index (Phi) is 1.42. The third-order valence-electron chi connectivity index (χ3n) is 1.97. The molecular formula is C8H6N2O3. The predicted octanol–water partition coefficient (Wildman–Crippen LogP) is -0.814. The van der Waals surface area contributed by atoms with Crippen LogP contribution in [0.15, 0.2) is 16.6 Å². The van der Waals surface area contributed by atoms with Crippen LogP contribution in [0.5, 0.6) is 0 Å². The molecule has 0 aromatic rings. The molecule has 13 heavy (non-hydrogen) atoms. The average molecular weight is 178 g/mol. The smallest absolute Gasteiger partial charge is 0.263 e. The van der Waals surface area contributed by atoms with Crippen LogP contribution in [0.3, 0.4) is 0 Å². The number of nitrogens with one attached hydrogen (secondary N) is 1. The van der Waals surface area contributed by atoms with Crippen LogP contribution in [0.25, 0.3) is 0 Å². The second kappa shape index (κ2) is 2.35. The van der Waals surface area contributed by atoms with E-state index in [1.54, 1.807) is 6.92 Å². The lowest BCUT2D eigenvalue weighted by Crippen LogP contribution is -2.26. The van der Waals surface area contributed by atoms with Crippen molar-refractivity contribution < 1.29 is 14.4 Å². The summed E-state index contributed by atoms with van der Waals surface area (Å²) in [6.07, 6.45) is 1.46. The second-order valence-corrected chi connectivity index (χ2v) is 2.94. The van der Waals surface area contributed by atoms with Crippen molar-refractivity contribution in [2.45, 2.75) is 6.92 Å². The van der Waals surface area contributed by atoms with Gasteiger partial charge in [-0.15, -0.1) is 0 Å². The maximum atomic E-state index is 11.2. The van der Waals surface area contributed by atoms with Gasteiger partial charge >= 0.3 is 0 Å². The number of hydrogen-bond acceptors (Lipinski definition) is 3. The lowest BCUT2D eigenvalue weighted by Gasteiger charge is -2.08. The van der Waals surface area contributed by atoms with Crippen LogP contribution in [-0.4, -0.2) is 23.4 Å². The zero-order valence-corrected chi connectivity index (χ0v) is 6.83. The SMILES string of the molecule is CC1=NC(=O)C2C(=O)NC(=O)C2=C1. The van der Waals surface area contributed by atoms with Gasteiger partial charge in [0.2, 0.25) is 5.91 Å². The van der Waals surface area contributed by atoms with E-state index in [1.165, 1.54) is 6.08 Å². The van der Waals surface area contributed by atoms with E-state index in [0.717, 1.165) is 0 Å². The van der Waals surface area contributed by atoms with Gasteiger partial charge in [-0.1, -0.05) is 0 Å². The Morgan fingerprint density at radius 3 is 2.77 bits per heavy atom. The zero-order chi connectivity index (χ0) is 9.59. The molecule has 1 fully saturated rings. The molecule has 1 atom stereocenters. The van der Waals surface area contributed by atoms with E-state index in [0.29, 0.717) is 5.71 Å². The lowest BCUT2D eigenvalue weighted by molar-refractivity contribution is -0.130. The molecule has 1 N–H and O–H groups in total. The average Bonchev–Trinajstić information content (AvgIpc) is 2.27. The summed E-state index contributed by atoms with van der Waals surface area (Å²) in [4.78, 5) is 37.0. The van der Waals surface area contributed by atoms with E-state index < -0.39 is 23.6 Å². The second-order valence-electron chi connectivity index (χ2n) is 2.94. The fraction of sp³-hybridized carbons (Fsp3) is 0.250. The normalized spacial score (nSPS) is 26.5. The molecule has 0 spiro atoms.